The Labute approximate surface area is 122 Å². The van der Waals surface area contributed by atoms with Crippen molar-refractivity contribution in [1.29, 1.82) is 0 Å². The summed E-state index contributed by atoms with van der Waals surface area (Å²) in [4.78, 5) is 0. The number of aryl methyl sites for hydroxylation is 3. The van der Waals surface area contributed by atoms with E-state index in [1.807, 2.05) is 19.1 Å². The predicted octanol–water partition coefficient (Wildman–Crippen LogP) is 4.51. The van der Waals surface area contributed by atoms with Gasteiger partial charge in [0.15, 0.2) is 0 Å². The Morgan fingerprint density at radius 3 is 2.20 bits per heavy atom. The minimum absolute atomic E-state index is 0.944. The number of hydrogen-bond donors (Lipinski definition) is 1. The van der Waals surface area contributed by atoms with Crippen molar-refractivity contribution in [2.75, 3.05) is 0 Å². The first-order valence-electron chi connectivity index (χ1n) is 7.34. The van der Waals surface area contributed by atoms with Crippen LogP contribution in [0.2, 0.25) is 0 Å². The molecule has 0 aromatic heterocycles. The molecule has 1 heteroatoms. The zero-order chi connectivity index (χ0) is 14.8. The molecule has 2 rings (SSSR count). The Bertz CT molecular complexity index is 576. The van der Waals surface area contributed by atoms with Gasteiger partial charge in [0.1, 0.15) is 5.60 Å². The molecule has 0 aliphatic carbocycles. The summed E-state index contributed by atoms with van der Waals surface area (Å²) in [6, 6.07) is 14.6. The van der Waals surface area contributed by atoms with E-state index in [0.717, 1.165) is 24.0 Å². The molecule has 0 saturated heterocycles. The zero-order valence-electron chi connectivity index (χ0n) is 12.9. The summed E-state index contributed by atoms with van der Waals surface area (Å²) in [5.74, 6) is 0. The first-order valence-corrected chi connectivity index (χ1v) is 7.34. The zero-order valence-corrected chi connectivity index (χ0v) is 12.9. The van der Waals surface area contributed by atoms with E-state index in [0.29, 0.717) is 0 Å². The van der Waals surface area contributed by atoms with Gasteiger partial charge in [0.05, 0.1) is 0 Å². The Kier molecular flexibility index (Phi) is 4.29. The van der Waals surface area contributed by atoms with Crippen molar-refractivity contribution in [2.45, 2.75) is 46.1 Å². The predicted molar refractivity (Wildman–Crippen MR) is 85.0 cm³/mol. The van der Waals surface area contributed by atoms with Crippen LogP contribution in [0.15, 0.2) is 42.5 Å². The second kappa shape index (κ2) is 5.80. The summed E-state index contributed by atoms with van der Waals surface area (Å²) >= 11 is 0. The summed E-state index contributed by atoms with van der Waals surface area (Å²) in [5, 5.41) is 11.0. The average molecular weight is 268 g/mol. The molecule has 0 bridgehead atoms. The van der Waals surface area contributed by atoms with Crippen LogP contribution in [0, 0.1) is 13.8 Å². The van der Waals surface area contributed by atoms with Crippen LogP contribution in [0.25, 0.3) is 0 Å². The van der Waals surface area contributed by atoms with Gasteiger partial charge in [-0.2, -0.15) is 0 Å². The number of aliphatic hydroxyl groups is 1. The summed E-state index contributed by atoms with van der Waals surface area (Å²) < 4.78 is 0. The van der Waals surface area contributed by atoms with Gasteiger partial charge in [-0.05, 0) is 43.9 Å². The smallest absolute Gasteiger partial charge is 0.112 e. The minimum Gasteiger partial charge on any atom is -0.381 e. The highest BCUT2D eigenvalue weighted by Gasteiger charge is 2.26. The quantitative estimate of drug-likeness (QED) is 0.865. The summed E-state index contributed by atoms with van der Waals surface area (Å²) in [7, 11) is 0. The van der Waals surface area contributed by atoms with Crippen LogP contribution in [0.4, 0.5) is 0 Å². The average Bonchev–Trinajstić information content (AvgIpc) is 2.38. The van der Waals surface area contributed by atoms with Gasteiger partial charge in [-0.25, -0.2) is 0 Å². The van der Waals surface area contributed by atoms with Gasteiger partial charge >= 0.3 is 0 Å². The lowest BCUT2D eigenvalue weighted by atomic mass is 9.85. The van der Waals surface area contributed by atoms with E-state index in [2.05, 4.69) is 51.1 Å². The molecule has 0 fully saturated rings. The third kappa shape index (κ3) is 3.10. The molecule has 0 aliphatic heterocycles. The molecule has 0 aliphatic rings. The lowest BCUT2D eigenvalue weighted by molar-refractivity contribution is 0.102. The van der Waals surface area contributed by atoms with E-state index < -0.39 is 5.60 Å². The molecule has 2 aromatic rings. The Morgan fingerprint density at radius 1 is 0.950 bits per heavy atom. The molecule has 0 saturated carbocycles. The standard InChI is InChI=1S/C19H24O/c1-5-7-16-8-6-9-17(13-16)19(4,20)18-11-14(2)10-15(3)12-18/h6,8-13,20H,5,7H2,1-4H3. The van der Waals surface area contributed by atoms with E-state index in [-0.39, 0.29) is 0 Å². The lowest BCUT2D eigenvalue weighted by Crippen LogP contribution is -2.23. The highest BCUT2D eigenvalue weighted by atomic mass is 16.3. The molecular formula is C19H24O. The van der Waals surface area contributed by atoms with Gasteiger partial charge in [-0.15, -0.1) is 0 Å². The number of benzene rings is 2. The van der Waals surface area contributed by atoms with Gasteiger partial charge in [-0.1, -0.05) is 66.9 Å². The van der Waals surface area contributed by atoms with Crippen molar-refractivity contribution in [2.24, 2.45) is 0 Å². The van der Waals surface area contributed by atoms with Crippen LogP contribution >= 0.6 is 0 Å². The van der Waals surface area contributed by atoms with E-state index in [1.165, 1.54) is 16.7 Å². The molecule has 1 nitrogen and oxygen atoms in total. The van der Waals surface area contributed by atoms with Crippen LogP contribution in [0.1, 0.15) is 48.1 Å². The molecule has 0 heterocycles. The fraction of sp³-hybridized carbons (Fsp3) is 0.368. The maximum absolute atomic E-state index is 11.0. The van der Waals surface area contributed by atoms with Crippen LogP contribution in [0.3, 0.4) is 0 Å². The van der Waals surface area contributed by atoms with Crippen LogP contribution in [-0.4, -0.2) is 5.11 Å². The van der Waals surface area contributed by atoms with Gasteiger partial charge in [-0.3, -0.25) is 0 Å². The van der Waals surface area contributed by atoms with Crippen LogP contribution < -0.4 is 0 Å². The molecule has 1 N–H and O–H groups in total. The Balaban J connectivity index is 2.45. The highest BCUT2D eigenvalue weighted by Crippen LogP contribution is 2.31. The summed E-state index contributed by atoms with van der Waals surface area (Å²) in [6.07, 6.45) is 2.17. The van der Waals surface area contributed by atoms with Crippen LogP contribution in [0.5, 0.6) is 0 Å². The van der Waals surface area contributed by atoms with E-state index in [1.54, 1.807) is 0 Å². The fourth-order valence-corrected chi connectivity index (χ4v) is 2.74. The number of rotatable bonds is 4. The van der Waals surface area contributed by atoms with Crippen molar-refractivity contribution in [3.05, 3.63) is 70.3 Å². The van der Waals surface area contributed by atoms with Crippen molar-refractivity contribution >= 4 is 0 Å². The second-order valence-electron chi connectivity index (χ2n) is 5.90. The monoisotopic (exact) mass is 268 g/mol. The van der Waals surface area contributed by atoms with Crippen molar-refractivity contribution in [3.63, 3.8) is 0 Å². The molecule has 0 spiro atoms. The summed E-state index contributed by atoms with van der Waals surface area (Å²) in [6.45, 7) is 8.20. The molecule has 20 heavy (non-hydrogen) atoms. The fourth-order valence-electron chi connectivity index (χ4n) is 2.74. The molecule has 0 amide bonds. The normalized spacial score (nSPS) is 14.1. The maximum atomic E-state index is 11.0. The van der Waals surface area contributed by atoms with Gasteiger partial charge in [0.25, 0.3) is 0 Å². The largest absolute Gasteiger partial charge is 0.381 e. The first-order chi connectivity index (χ1) is 9.43. The first kappa shape index (κ1) is 14.8. The Morgan fingerprint density at radius 2 is 1.60 bits per heavy atom. The van der Waals surface area contributed by atoms with Crippen molar-refractivity contribution in [3.8, 4) is 0 Å². The minimum atomic E-state index is -0.944. The van der Waals surface area contributed by atoms with Crippen LogP contribution in [-0.2, 0) is 12.0 Å². The van der Waals surface area contributed by atoms with E-state index in [4.69, 9.17) is 0 Å². The lowest BCUT2D eigenvalue weighted by Gasteiger charge is -2.26. The van der Waals surface area contributed by atoms with Gasteiger partial charge in [0, 0.05) is 0 Å². The third-order valence-electron chi connectivity index (χ3n) is 3.81. The molecule has 0 radical (unpaired) electrons. The highest BCUT2D eigenvalue weighted by molar-refractivity contribution is 5.40. The SMILES string of the molecule is CCCc1cccc(C(C)(O)c2cc(C)cc(C)c2)c1. The number of hydrogen-bond acceptors (Lipinski definition) is 1. The van der Waals surface area contributed by atoms with Crippen molar-refractivity contribution in [1.82, 2.24) is 0 Å². The second-order valence-corrected chi connectivity index (χ2v) is 5.90. The molecule has 2 aromatic carbocycles. The third-order valence-corrected chi connectivity index (χ3v) is 3.81. The van der Waals surface area contributed by atoms with Gasteiger partial charge in [0.2, 0.25) is 0 Å². The molecule has 106 valence electrons. The van der Waals surface area contributed by atoms with E-state index >= 15 is 0 Å². The Hall–Kier alpha value is -1.60. The maximum Gasteiger partial charge on any atom is 0.112 e. The van der Waals surface area contributed by atoms with Gasteiger partial charge < -0.3 is 5.11 Å². The van der Waals surface area contributed by atoms with E-state index in [9.17, 15) is 5.11 Å². The molecular weight excluding hydrogens is 244 g/mol. The summed E-state index contributed by atoms with van der Waals surface area (Å²) in [5.41, 5.74) is 4.64. The topological polar surface area (TPSA) is 20.2 Å². The molecule has 1 unspecified atom stereocenters. The molecule has 1 atom stereocenters. The van der Waals surface area contributed by atoms with Crippen molar-refractivity contribution < 1.29 is 5.11 Å².